The van der Waals surface area contributed by atoms with E-state index >= 15 is 0 Å². The molecular formula is C10H12N5Na2O10PS. The molecule has 0 radical (unpaired) electrons. The van der Waals surface area contributed by atoms with E-state index in [0.29, 0.717) is 0 Å². The Morgan fingerprint density at radius 3 is 2.55 bits per heavy atom. The minimum atomic E-state index is -5.57. The molecule has 150 valence electrons. The van der Waals surface area contributed by atoms with Gasteiger partial charge in [-0.15, -0.1) is 0 Å². The summed E-state index contributed by atoms with van der Waals surface area (Å²) >= 11 is 0. The van der Waals surface area contributed by atoms with Gasteiger partial charge in [0.1, 0.15) is 30.2 Å². The molecule has 4 N–H and O–H groups in total. The summed E-state index contributed by atoms with van der Waals surface area (Å²) in [5, 5.41) is 20.2. The van der Waals surface area contributed by atoms with E-state index in [4.69, 9.17) is 10.5 Å². The zero-order valence-corrected chi connectivity index (χ0v) is 20.8. The molecule has 1 saturated heterocycles. The number of phosphoric ester groups is 1. The molecule has 3 rings (SSSR count). The number of nitrogens with two attached hydrogens (primary N) is 1. The van der Waals surface area contributed by atoms with E-state index in [1.54, 1.807) is 0 Å². The number of imidazole rings is 1. The fraction of sp³-hybridized carbons (Fsp3) is 0.500. The van der Waals surface area contributed by atoms with Crippen LogP contribution in [0.25, 0.3) is 11.2 Å². The summed E-state index contributed by atoms with van der Waals surface area (Å²) in [6.45, 7) is -0.936. The summed E-state index contributed by atoms with van der Waals surface area (Å²) in [6.07, 6.45) is -3.49. The molecule has 2 aromatic heterocycles. The summed E-state index contributed by atoms with van der Waals surface area (Å²) in [4.78, 5) is 22.9. The molecule has 1 fully saturated rings. The van der Waals surface area contributed by atoms with Crippen LogP contribution in [-0.2, 0) is 28.2 Å². The fourth-order valence-electron chi connectivity index (χ4n) is 2.45. The van der Waals surface area contributed by atoms with Crippen LogP contribution in [0.1, 0.15) is 6.23 Å². The molecule has 1 unspecified atom stereocenters. The van der Waals surface area contributed by atoms with E-state index in [2.05, 4.69) is 23.4 Å². The first-order chi connectivity index (χ1) is 12.5. The predicted molar refractivity (Wildman–Crippen MR) is 80.0 cm³/mol. The number of hydrogen-bond donors (Lipinski definition) is 3. The average Bonchev–Trinajstić information content (AvgIpc) is 3.07. The molecule has 3 heterocycles. The van der Waals surface area contributed by atoms with Crippen LogP contribution >= 0.6 is 7.82 Å². The van der Waals surface area contributed by atoms with E-state index in [1.807, 2.05) is 0 Å². The van der Waals surface area contributed by atoms with Crippen LogP contribution < -0.4 is 69.7 Å². The van der Waals surface area contributed by atoms with Crippen LogP contribution in [0, 0.1) is 0 Å². The van der Waals surface area contributed by atoms with Crippen molar-refractivity contribution in [3.8, 4) is 0 Å². The molecule has 0 amide bonds. The van der Waals surface area contributed by atoms with Crippen molar-refractivity contribution >= 4 is 35.2 Å². The SMILES string of the molecule is Nc1ncnc2c1ncn2[C@@H]1O[C@H](COP(=O)([O-])OS(=O)(=O)[O-])[C@@H](O)[C@H]1O.[Na+].[Na+]. The Kier molecular flexibility index (Phi) is 9.64. The molecule has 0 bridgehead atoms. The van der Waals surface area contributed by atoms with Gasteiger partial charge in [-0.05, 0) is 0 Å². The summed E-state index contributed by atoms with van der Waals surface area (Å²) in [7, 11) is -11.1. The number of anilines is 1. The van der Waals surface area contributed by atoms with E-state index in [0.717, 1.165) is 6.33 Å². The van der Waals surface area contributed by atoms with E-state index < -0.39 is 49.4 Å². The van der Waals surface area contributed by atoms with Gasteiger partial charge in [-0.1, -0.05) is 0 Å². The smallest absolute Gasteiger partial charge is 0.755 e. The van der Waals surface area contributed by atoms with Crippen LogP contribution in [-0.4, -0.2) is 67.6 Å². The van der Waals surface area contributed by atoms with Crippen molar-refractivity contribution in [2.24, 2.45) is 0 Å². The minimum Gasteiger partial charge on any atom is -0.755 e. The van der Waals surface area contributed by atoms with Crippen LogP contribution in [0.3, 0.4) is 0 Å². The van der Waals surface area contributed by atoms with Crippen LogP contribution in [0.15, 0.2) is 12.7 Å². The second-order valence-electron chi connectivity index (χ2n) is 5.36. The van der Waals surface area contributed by atoms with Crippen LogP contribution in [0.4, 0.5) is 5.82 Å². The molecule has 0 aliphatic carbocycles. The second kappa shape index (κ2) is 10.2. The van der Waals surface area contributed by atoms with Gasteiger partial charge in [0.05, 0.1) is 12.9 Å². The molecular weight excluding hydrogens is 459 g/mol. The molecule has 5 atom stereocenters. The molecule has 15 nitrogen and oxygen atoms in total. The van der Waals surface area contributed by atoms with Gasteiger partial charge in [-0.3, -0.25) is 9.13 Å². The van der Waals surface area contributed by atoms with Crippen molar-refractivity contribution in [2.45, 2.75) is 24.5 Å². The third-order valence-electron chi connectivity index (χ3n) is 3.58. The Bertz CT molecular complexity index is 1010. The fourth-order valence-corrected chi connectivity index (χ4v) is 3.85. The van der Waals surface area contributed by atoms with Crippen LogP contribution in [0.2, 0.25) is 0 Å². The van der Waals surface area contributed by atoms with Crippen molar-refractivity contribution in [3.63, 3.8) is 0 Å². The molecule has 19 heteroatoms. The number of aliphatic hydroxyl groups excluding tert-OH is 2. The molecule has 1 aliphatic heterocycles. The van der Waals surface area contributed by atoms with Gasteiger partial charge in [-0.25, -0.2) is 27.3 Å². The maximum atomic E-state index is 11.3. The number of ether oxygens (including phenoxy) is 1. The Hall–Kier alpha value is 0.250. The number of aromatic nitrogens is 4. The monoisotopic (exact) mass is 471 g/mol. The molecule has 29 heavy (non-hydrogen) atoms. The Labute approximate surface area is 207 Å². The van der Waals surface area contributed by atoms with Gasteiger partial charge >= 0.3 is 59.1 Å². The predicted octanol–water partition coefficient (Wildman–Crippen LogP) is -9.00. The van der Waals surface area contributed by atoms with Crippen molar-refractivity contribution < 1.29 is 105 Å². The first-order valence-corrected chi connectivity index (χ1v) is 9.85. The third-order valence-corrected chi connectivity index (χ3v) is 5.50. The topological polar surface area (TPSA) is 235 Å². The van der Waals surface area contributed by atoms with E-state index in [9.17, 15) is 32.6 Å². The summed E-state index contributed by atoms with van der Waals surface area (Å²) in [5.41, 5.74) is 6.03. The average molecular weight is 471 g/mol. The van der Waals surface area contributed by atoms with Gasteiger partial charge < -0.3 is 34.7 Å². The summed E-state index contributed by atoms with van der Waals surface area (Å²) in [5.74, 6) is 0.0648. The van der Waals surface area contributed by atoms with Crippen molar-refractivity contribution in [3.05, 3.63) is 12.7 Å². The van der Waals surface area contributed by atoms with Crippen molar-refractivity contribution in [1.82, 2.24) is 19.5 Å². The third kappa shape index (κ3) is 6.38. The Morgan fingerprint density at radius 2 is 1.93 bits per heavy atom. The maximum Gasteiger partial charge on any atom is 1.00 e. The van der Waals surface area contributed by atoms with Gasteiger partial charge in [0.15, 0.2) is 17.7 Å². The maximum absolute atomic E-state index is 11.3. The number of nitrogen functional groups attached to an aromatic ring is 1. The van der Waals surface area contributed by atoms with Gasteiger partial charge in [-0.2, -0.15) is 0 Å². The molecule has 1 aliphatic rings. The largest absolute Gasteiger partial charge is 1.00 e. The van der Waals surface area contributed by atoms with E-state index in [1.165, 1.54) is 10.9 Å². The number of hydrogen-bond acceptors (Lipinski definition) is 14. The molecule has 0 saturated carbocycles. The molecule has 0 spiro atoms. The van der Waals surface area contributed by atoms with Gasteiger partial charge in [0.2, 0.25) is 10.4 Å². The number of phosphoric acid groups is 1. The number of rotatable bonds is 6. The normalized spacial score (nSPS) is 26.5. The summed E-state index contributed by atoms with van der Waals surface area (Å²) in [6, 6.07) is 0. The number of nitrogens with zero attached hydrogens (tertiary/aromatic N) is 4. The zero-order valence-electron chi connectivity index (χ0n) is 15.1. The minimum absolute atomic E-state index is 0. The first kappa shape index (κ1) is 27.3. The molecule has 0 aromatic carbocycles. The van der Waals surface area contributed by atoms with Gasteiger partial charge in [0.25, 0.3) is 7.82 Å². The zero-order chi connectivity index (χ0) is 20.0. The van der Waals surface area contributed by atoms with Crippen molar-refractivity contribution in [1.29, 1.82) is 0 Å². The number of fused-ring (bicyclic) bond motifs is 1. The Morgan fingerprint density at radius 1 is 1.28 bits per heavy atom. The Balaban J connectivity index is 0.00000210. The van der Waals surface area contributed by atoms with Crippen molar-refractivity contribution in [2.75, 3.05) is 12.3 Å². The quantitative estimate of drug-likeness (QED) is 0.154. The van der Waals surface area contributed by atoms with E-state index in [-0.39, 0.29) is 76.1 Å². The standard InChI is InChI=1S/C10H14N5O10PS.2Na/c11-8-5-9(13-2-12-8)15(3-14-5)10-7(17)6(16)4(24-10)1-23-26(18,19)25-27(20,21)22;;/h2-4,6-7,10,16-17H,1H2,(H,18,19)(H2,11,12,13)(H,20,21,22);;/q;2*+1/p-2/t4-,6-,7-,10-;;/m1../s1. The van der Waals surface area contributed by atoms with Crippen LogP contribution in [0.5, 0.6) is 0 Å². The molecule has 2 aromatic rings. The number of aliphatic hydroxyl groups is 2. The summed E-state index contributed by atoms with van der Waals surface area (Å²) < 4.78 is 56.3. The van der Waals surface area contributed by atoms with Gasteiger partial charge in [0, 0.05) is 0 Å². The first-order valence-electron chi connectivity index (χ1n) is 7.06. The second-order valence-corrected chi connectivity index (χ2v) is 7.92.